The largest absolute Gasteiger partial charge is 0.469 e. The fourth-order valence-corrected chi connectivity index (χ4v) is 6.10. The highest BCUT2D eigenvalue weighted by atomic mass is 31.2. The van der Waals surface area contributed by atoms with Crippen molar-refractivity contribution in [1.82, 2.24) is 0 Å². The van der Waals surface area contributed by atoms with E-state index in [0.717, 1.165) is 44.9 Å². The molecular formula is C35H69O8P. The van der Waals surface area contributed by atoms with Crippen molar-refractivity contribution in [3.05, 3.63) is 0 Å². The fourth-order valence-electron chi connectivity index (χ4n) is 5.73. The number of Topliss-reactive ketones (excluding diaryl/α,β-unsaturated/α-hetero) is 2. The smallest absolute Gasteiger partial charge is 0.382 e. The van der Waals surface area contributed by atoms with Gasteiger partial charge in [0, 0.05) is 12.8 Å². The molecule has 0 spiro atoms. The van der Waals surface area contributed by atoms with Gasteiger partial charge in [-0.15, -0.1) is 0 Å². The molecule has 0 saturated carbocycles. The molecule has 0 fully saturated rings. The van der Waals surface area contributed by atoms with E-state index in [0.29, 0.717) is 12.8 Å². The minimum Gasteiger partial charge on any atom is -0.382 e. The predicted octanol–water partition coefficient (Wildman–Crippen LogP) is 9.29. The Bertz CT molecular complexity index is 740. The first-order chi connectivity index (χ1) is 21.1. The summed E-state index contributed by atoms with van der Waals surface area (Å²) >= 11 is 0. The van der Waals surface area contributed by atoms with E-state index in [9.17, 15) is 24.4 Å². The van der Waals surface area contributed by atoms with Gasteiger partial charge in [-0.25, -0.2) is 4.57 Å². The molecule has 2 unspecified atom stereocenters. The van der Waals surface area contributed by atoms with E-state index in [1.807, 2.05) is 0 Å². The fraction of sp³-hybridized carbons (Fsp3) is 0.943. The predicted molar refractivity (Wildman–Crippen MR) is 180 cm³/mol. The summed E-state index contributed by atoms with van der Waals surface area (Å²) in [6.45, 7) is 3.33. The monoisotopic (exact) mass is 648 g/mol. The van der Waals surface area contributed by atoms with Gasteiger partial charge >= 0.3 is 7.82 Å². The van der Waals surface area contributed by atoms with Crippen LogP contribution in [0.4, 0.5) is 0 Å². The average Bonchev–Trinajstić information content (AvgIpc) is 2.99. The Hall–Kier alpha value is -0.630. The quantitative estimate of drug-likeness (QED) is 0.0400. The second-order valence-electron chi connectivity index (χ2n) is 13.0. The summed E-state index contributed by atoms with van der Waals surface area (Å²) in [6, 6.07) is 0. The third-order valence-corrected chi connectivity index (χ3v) is 9.19. The highest BCUT2D eigenvalue weighted by Gasteiger charge is 2.47. The van der Waals surface area contributed by atoms with Gasteiger partial charge in [-0.2, -0.15) is 0 Å². The minimum absolute atomic E-state index is 0.0107. The number of aliphatic hydroxyl groups is 2. The normalized spacial score (nSPS) is 14.0. The molecule has 0 heterocycles. The van der Waals surface area contributed by atoms with E-state index in [4.69, 9.17) is 9.79 Å². The van der Waals surface area contributed by atoms with Gasteiger partial charge in [0.25, 0.3) is 0 Å². The number of carbonyl (C=O) groups excluding carboxylic acids is 2. The van der Waals surface area contributed by atoms with Crippen LogP contribution in [0.5, 0.6) is 0 Å². The van der Waals surface area contributed by atoms with Gasteiger partial charge < -0.3 is 20.0 Å². The third kappa shape index (κ3) is 24.6. The number of hydrogen-bond donors (Lipinski definition) is 4. The van der Waals surface area contributed by atoms with Crippen LogP contribution in [-0.4, -0.2) is 49.9 Å². The van der Waals surface area contributed by atoms with Crippen molar-refractivity contribution in [2.24, 2.45) is 0 Å². The van der Waals surface area contributed by atoms with Gasteiger partial charge in [0.2, 0.25) is 0 Å². The molecule has 0 saturated heterocycles. The van der Waals surface area contributed by atoms with Crippen LogP contribution in [0.2, 0.25) is 0 Å². The van der Waals surface area contributed by atoms with Crippen LogP contribution in [-0.2, 0) is 18.7 Å². The number of hydrogen-bond acceptors (Lipinski definition) is 6. The molecule has 0 aliphatic carbocycles. The SMILES string of the molecule is CCCCCCCCCCCCCCCC(=O)C(O)C(O)(COP(=O)(O)O)C(=O)CCCCCCCCCCCCCCC. The Morgan fingerprint density at radius 3 is 1.18 bits per heavy atom. The van der Waals surface area contributed by atoms with Gasteiger partial charge in [-0.3, -0.25) is 14.1 Å². The molecule has 262 valence electrons. The van der Waals surface area contributed by atoms with Crippen molar-refractivity contribution >= 4 is 19.4 Å². The van der Waals surface area contributed by atoms with Gasteiger partial charge in [0.05, 0.1) is 6.61 Å². The van der Waals surface area contributed by atoms with Crippen molar-refractivity contribution in [2.45, 2.75) is 205 Å². The topological polar surface area (TPSA) is 141 Å². The van der Waals surface area contributed by atoms with E-state index in [1.165, 1.54) is 109 Å². The summed E-state index contributed by atoms with van der Waals surface area (Å²) in [5, 5.41) is 21.6. The van der Waals surface area contributed by atoms with Crippen LogP contribution < -0.4 is 0 Å². The molecule has 0 rings (SSSR count). The zero-order valence-corrected chi connectivity index (χ0v) is 29.3. The van der Waals surface area contributed by atoms with Crippen LogP contribution in [0.25, 0.3) is 0 Å². The molecule has 4 N–H and O–H groups in total. The first-order valence-corrected chi connectivity index (χ1v) is 19.8. The molecule has 44 heavy (non-hydrogen) atoms. The molecule has 0 bridgehead atoms. The van der Waals surface area contributed by atoms with Crippen molar-refractivity contribution in [1.29, 1.82) is 0 Å². The lowest BCUT2D eigenvalue weighted by Gasteiger charge is -2.30. The Morgan fingerprint density at radius 2 is 0.864 bits per heavy atom. The van der Waals surface area contributed by atoms with E-state index >= 15 is 0 Å². The first-order valence-electron chi connectivity index (χ1n) is 18.2. The summed E-state index contributed by atoms with van der Waals surface area (Å²) in [4.78, 5) is 43.9. The molecule has 0 aliphatic rings. The summed E-state index contributed by atoms with van der Waals surface area (Å²) in [6.07, 6.45) is 27.4. The van der Waals surface area contributed by atoms with E-state index < -0.39 is 37.7 Å². The number of rotatable bonds is 34. The Kier molecular flexibility index (Phi) is 28.2. The van der Waals surface area contributed by atoms with Crippen LogP contribution in [0.3, 0.4) is 0 Å². The second kappa shape index (κ2) is 28.6. The molecule has 0 radical (unpaired) electrons. The van der Waals surface area contributed by atoms with Crippen LogP contribution in [0.15, 0.2) is 0 Å². The number of phosphoric ester groups is 1. The van der Waals surface area contributed by atoms with Gasteiger partial charge in [-0.1, -0.05) is 168 Å². The molecule has 0 aliphatic heterocycles. The average molecular weight is 649 g/mol. The molecule has 0 aromatic carbocycles. The molecule has 0 aromatic rings. The molecule has 8 nitrogen and oxygen atoms in total. The maximum absolute atomic E-state index is 12.9. The summed E-state index contributed by atoms with van der Waals surface area (Å²) in [5.74, 6) is -1.52. The van der Waals surface area contributed by atoms with Crippen molar-refractivity contribution in [3.8, 4) is 0 Å². The lowest BCUT2D eigenvalue weighted by Crippen LogP contribution is -2.56. The lowest BCUT2D eigenvalue weighted by molar-refractivity contribution is -0.165. The van der Waals surface area contributed by atoms with E-state index in [-0.39, 0.29) is 12.8 Å². The summed E-state index contributed by atoms with van der Waals surface area (Å²) in [7, 11) is -5.02. The lowest BCUT2D eigenvalue weighted by atomic mass is 9.85. The number of aliphatic hydroxyl groups excluding tert-OH is 1. The van der Waals surface area contributed by atoms with Crippen LogP contribution in [0.1, 0.15) is 194 Å². The summed E-state index contributed by atoms with van der Waals surface area (Å²) in [5.41, 5.74) is -2.67. The van der Waals surface area contributed by atoms with Crippen LogP contribution in [0, 0.1) is 0 Å². The maximum atomic E-state index is 12.9. The molecule has 0 amide bonds. The molecule has 9 heteroatoms. The number of unbranched alkanes of at least 4 members (excludes halogenated alkanes) is 24. The van der Waals surface area contributed by atoms with Gasteiger partial charge in [-0.05, 0) is 12.8 Å². The summed E-state index contributed by atoms with van der Waals surface area (Å²) < 4.78 is 15.7. The van der Waals surface area contributed by atoms with Gasteiger partial charge in [0.1, 0.15) is 0 Å². The Labute approximate surface area is 269 Å². The maximum Gasteiger partial charge on any atom is 0.469 e. The Morgan fingerprint density at radius 1 is 0.568 bits per heavy atom. The zero-order valence-electron chi connectivity index (χ0n) is 28.5. The molecule has 2 atom stereocenters. The van der Waals surface area contributed by atoms with Crippen LogP contribution >= 0.6 is 7.82 Å². The van der Waals surface area contributed by atoms with Crippen molar-refractivity contribution in [3.63, 3.8) is 0 Å². The van der Waals surface area contributed by atoms with Gasteiger partial charge in [0.15, 0.2) is 23.3 Å². The van der Waals surface area contributed by atoms with E-state index in [2.05, 4.69) is 18.4 Å². The second-order valence-corrected chi connectivity index (χ2v) is 14.2. The van der Waals surface area contributed by atoms with Crippen molar-refractivity contribution in [2.75, 3.05) is 6.61 Å². The number of phosphoric acid groups is 1. The highest BCUT2D eigenvalue weighted by molar-refractivity contribution is 7.46. The van der Waals surface area contributed by atoms with E-state index in [1.54, 1.807) is 0 Å². The van der Waals surface area contributed by atoms with Crippen molar-refractivity contribution < 1.29 is 38.7 Å². The number of carbonyl (C=O) groups is 2. The third-order valence-electron chi connectivity index (χ3n) is 8.73. The Balaban J connectivity index is 4.31. The number of ketones is 2. The zero-order chi connectivity index (χ0) is 32.9. The minimum atomic E-state index is -5.02. The molecule has 0 aromatic heterocycles. The highest BCUT2D eigenvalue weighted by Crippen LogP contribution is 2.38. The first kappa shape index (κ1) is 43.4. The molecular weight excluding hydrogens is 579 g/mol. The standard InChI is InChI=1S/C35H69O8P/c1-3-5-7-9-11-13-15-17-19-21-23-25-27-29-32(36)34(38)35(39,31-43-44(40,41)42)33(37)30-28-26-24-22-20-18-16-14-12-10-8-6-4-2/h34,38-39H,3-31H2,1-2H3,(H2,40,41,42).